The molecule has 0 fully saturated rings. The van der Waals surface area contributed by atoms with Crippen LogP contribution in [0.25, 0.3) is 16.8 Å². The number of nitrogens with zero attached hydrogens (tertiary/aromatic N) is 3. The Balaban J connectivity index is 1.62. The van der Waals surface area contributed by atoms with Crippen LogP contribution in [0.4, 0.5) is 11.5 Å². The molecule has 2 heterocycles. The Kier molecular flexibility index (Phi) is 5.98. The van der Waals surface area contributed by atoms with Crippen LogP contribution in [0.5, 0.6) is 0 Å². The van der Waals surface area contributed by atoms with Crippen molar-refractivity contribution in [3.8, 4) is 11.1 Å². The summed E-state index contributed by atoms with van der Waals surface area (Å²) in [6.45, 7) is 7.06. The van der Waals surface area contributed by atoms with Crippen LogP contribution in [0, 0.1) is 0 Å². The zero-order chi connectivity index (χ0) is 21.8. The molecule has 6 heteroatoms. The SMILES string of the molecule is CCCNC(=O)c1cccc(-c2cnn3ccc(Nc4ccc(C(C)C)cc4)nc23)c1. The van der Waals surface area contributed by atoms with E-state index >= 15 is 0 Å². The zero-order valence-corrected chi connectivity index (χ0v) is 18.1. The highest BCUT2D eigenvalue weighted by molar-refractivity contribution is 5.96. The average molecular weight is 414 g/mol. The van der Waals surface area contributed by atoms with Gasteiger partial charge >= 0.3 is 0 Å². The molecule has 0 aliphatic carbocycles. The van der Waals surface area contributed by atoms with Gasteiger partial charge in [0.1, 0.15) is 5.82 Å². The number of hydrogen-bond donors (Lipinski definition) is 2. The number of anilines is 2. The van der Waals surface area contributed by atoms with Gasteiger partial charge in [0.05, 0.1) is 6.20 Å². The molecule has 0 bridgehead atoms. The number of nitrogens with one attached hydrogen (secondary N) is 2. The van der Waals surface area contributed by atoms with Gasteiger partial charge in [0.2, 0.25) is 0 Å². The number of rotatable bonds is 7. The summed E-state index contributed by atoms with van der Waals surface area (Å²) >= 11 is 0. The van der Waals surface area contributed by atoms with Crippen molar-refractivity contribution in [2.75, 3.05) is 11.9 Å². The van der Waals surface area contributed by atoms with E-state index in [1.165, 1.54) is 5.56 Å². The molecule has 2 aromatic heterocycles. The summed E-state index contributed by atoms with van der Waals surface area (Å²) in [6.07, 6.45) is 4.57. The molecule has 31 heavy (non-hydrogen) atoms. The highest BCUT2D eigenvalue weighted by Gasteiger charge is 2.12. The summed E-state index contributed by atoms with van der Waals surface area (Å²) in [5.74, 6) is 1.17. The normalized spacial score (nSPS) is 11.1. The van der Waals surface area contributed by atoms with E-state index < -0.39 is 0 Å². The maximum absolute atomic E-state index is 12.4. The molecule has 0 aliphatic rings. The molecule has 4 aromatic rings. The molecule has 0 saturated carbocycles. The predicted octanol–water partition coefficient (Wildman–Crippen LogP) is 5.40. The number of carbonyl (C=O) groups excluding carboxylic acids is 1. The van der Waals surface area contributed by atoms with Crippen LogP contribution in [-0.2, 0) is 0 Å². The van der Waals surface area contributed by atoms with E-state index in [1.807, 2.05) is 43.5 Å². The molecule has 1 amide bonds. The molecule has 2 N–H and O–H groups in total. The fraction of sp³-hybridized carbons (Fsp3) is 0.240. The zero-order valence-electron chi connectivity index (χ0n) is 18.1. The molecule has 2 aromatic carbocycles. The lowest BCUT2D eigenvalue weighted by Crippen LogP contribution is -2.23. The average Bonchev–Trinajstić information content (AvgIpc) is 3.21. The van der Waals surface area contributed by atoms with Gasteiger partial charge in [0.15, 0.2) is 5.65 Å². The second kappa shape index (κ2) is 9.00. The molecule has 0 saturated heterocycles. The van der Waals surface area contributed by atoms with Gasteiger partial charge in [-0.2, -0.15) is 5.10 Å². The standard InChI is InChI=1S/C25H27N5O/c1-4-13-26-25(31)20-7-5-6-19(15-20)22-16-27-30-14-12-23(29-24(22)30)28-21-10-8-18(9-11-21)17(2)3/h5-12,14-17H,4,13H2,1-3H3,(H,26,31)(H,28,29). The van der Waals surface area contributed by atoms with Crippen molar-refractivity contribution in [2.24, 2.45) is 0 Å². The lowest BCUT2D eigenvalue weighted by atomic mass is 10.0. The molecule has 0 spiro atoms. The first kappa shape index (κ1) is 20.6. The summed E-state index contributed by atoms with van der Waals surface area (Å²) in [7, 11) is 0. The van der Waals surface area contributed by atoms with E-state index in [2.05, 4.69) is 53.8 Å². The molecule has 0 atom stereocenters. The fourth-order valence-electron chi connectivity index (χ4n) is 3.41. The number of amides is 1. The lowest BCUT2D eigenvalue weighted by Gasteiger charge is -2.09. The van der Waals surface area contributed by atoms with Crippen LogP contribution in [0.15, 0.2) is 67.0 Å². The summed E-state index contributed by atoms with van der Waals surface area (Å²) < 4.78 is 1.74. The molecule has 158 valence electrons. The van der Waals surface area contributed by atoms with E-state index in [-0.39, 0.29) is 5.91 Å². The third-order valence-corrected chi connectivity index (χ3v) is 5.19. The molecular weight excluding hydrogens is 386 g/mol. The molecule has 0 unspecified atom stereocenters. The van der Waals surface area contributed by atoms with Crippen LogP contribution in [-0.4, -0.2) is 27.0 Å². The van der Waals surface area contributed by atoms with Gasteiger partial charge in [-0.15, -0.1) is 0 Å². The van der Waals surface area contributed by atoms with Crippen molar-refractivity contribution in [3.05, 3.63) is 78.1 Å². The maximum atomic E-state index is 12.4. The Morgan fingerprint density at radius 3 is 2.65 bits per heavy atom. The Hall–Kier alpha value is -3.67. The first-order valence-electron chi connectivity index (χ1n) is 10.6. The second-order valence-electron chi connectivity index (χ2n) is 7.88. The van der Waals surface area contributed by atoms with Gasteiger partial charge in [0, 0.05) is 29.6 Å². The number of carbonyl (C=O) groups is 1. The Morgan fingerprint density at radius 2 is 1.90 bits per heavy atom. The fourth-order valence-corrected chi connectivity index (χ4v) is 3.41. The third-order valence-electron chi connectivity index (χ3n) is 5.19. The first-order chi connectivity index (χ1) is 15.0. The van der Waals surface area contributed by atoms with E-state index in [4.69, 9.17) is 4.98 Å². The topological polar surface area (TPSA) is 71.3 Å². The van der Waals surface area contributed by atoms with Gasteiger partial charge in [-0.3, -0.25) is 4.79 Å². The van der Waals surface area contributed by atoms with Crippen molar-refractivity contribution in [2.45, 2.75) is 33.1 Å². The van der Waals surface area contributed by atoms with Crippen molar-refractivity contribution in [1.82, 2.24) is 19.9 Å². The van der Waals surface area contributed by atoms with Crippen LogP contribution >= 0.6 is 0 Å². The van der Waals surface area contributed by atoms with Crippen molar-refractivity contribution in [3.63, 3.8) is 0 Å². The predicted molar refractivity (Wildman–Crippen MR) is 125 cm³/mol. The number of aromatic nitrogens is 3. The van der Waals surface area contributed by atoms with E-state index in [1.54, 1.807) is 10.7 Å². The van der Waals surface area contributed by atoms with Crippen molar-refractivity contribution >= 4 is 23.1 Å². The van der Waals surface area contributed by atoms with Crippen LogP contribution in [0.2, 0.25) is 0 Å². The highest BCUT2D eigenvalue weighted by Crippen LogP contribution is 2.26. The molecule has 4 rings (SSSR count). The number of benzene rings is 2. The molecule has 0 aliphatic heterocycles. The third kappa shape index (κ3) is 4.58. The highest BCUT2D eigenvalue weighted by atomic mass is 16.1. The summed E-state index contributed by atoms with van der Waals surface area (Å²) in [5.41, 5.74) is 5.43. The van der Waals surface area contributed by atoms with Gasteiger partial charge < -0.3 is 10.6 Å². The van der Waals surface area contributed by atoms with Gasteiger partial charge in [0.25, 0.3) is 5.91 Å². The molecule has 0 radical (unpaired) electrons. The number of fused-ring (bicyclic) bond motifs is 1. The minimum absolute atomic E-state index is 0.0691. The maximum Gasteiger partial charge on any atom is 0.251 e. The first-order valence-corrected chi connectivity index (χ1v) is 10.6. The Bertz CT molecular complexity index is 1190. The summed E-state index contributed by atoms with van der Waals surface area (Å²) in [6, 6.07) is 17.9. The molecule has 6 nitrogen and oxygen atoms in total. The Labute approximate surface area is 182 Å². The summed E-state index contributed by atoms with van der Waals surface area (Å²) in [5, 5.41) is 10.7. The van der Waals surface area contributed by atoms with Crippen molar-refractivity contribution < 1.29 is 4.79 Å². The second-order valence-corrected chi connectivity index (χ2v) is 7.88. The summed E-state index contributed by atoms with van der Waals surface area (Å²) in [4.78, 5) is 17.1. The minimum Gasteiger partial charge on any atom is -0.352 e. The van der Waals surface area contributed by atoms with E-state index in [0.29, 0.717) is 18.0 Å². The van der Waals surface area contributed by atoms with E-state index in [0.717, 1.165) is 34.7 Å². The van der Waals surface area contributed by atoms with E-state index in [9.17, 15) is 4.79 Å². The van der Waals surface area contributed by atoms with Gasteiger partial charge in [-0.05, 0) is 53.8 Å². The van der Waals surface area contributed by atoms with Gasteiger partial charge in [-0.25, -0.2) is 9.50 Å². The minimum atomic E-state index is -0.0691. The van der Waals surface area contributed by atoms with Crippen molar-refractivity contribution in [1.29, 1.82) is 0 Å². The van der Waals surface area contributed by atoms with Crippen LogP contribution in [0.1, 0.15) is 49.0 Å². The number of hydrogen-bond acceptors (Lipinski definition) is 4. The van der Waals surface area contributed by atoms with Crippen LogP contribution in [0.3, 0.4) is 0 Å². The lowest BCUT2D eigenvalue weighted by molar-refractivity contribution is 0.0953. The van der Waals surface area contributed by atoms with Crippen LogP contribution < -0.4 is 10.6 Å². The monoisotopic (exact) mass is 413 g/mol. The molecular formula is C25H27N5O. The smallest absolute Gasteiger partial charge is 0.251 e. The quantitative estimate of drug-likeness (QED) is 0.425. The largest absolute Gasteiger partial charge is 0.352 e. The Morgan fingerprint density at radius 1 is 1.10 bits per heavy atom. The van der Waals surface area contributed by atoms with Gasteiger partial charge in [-0.1, -0.05) is 45.0 Å².